The molecule has 2 N–H and O–H groups in total. The van der Waals surface area contributed by atoms with Gasteiger partial charge in [-0.25, -0.2) is 4.98 Å². The summed E-state index contributed by atoms with van der Waals surface area (Å²) in [5.74, 6) is 1.32. The predicted octanol–water partition coefficient (Wildman–Crippen LogP) is 4.16. The first kappa shape index (κ1) is 13.4. The van der Waals surface area contributed by atoms with Crippen molar-refractivity contribution in [2.75, 3.05) is 5.73 Å². The minimum atomic E-state index is 0.539. The van der Waals surface area contributed by atoms with Crippen LogP contribution >= 0.6 is 11.3 Å². The van der Waals surface area contributed by atoms with Crippen molar-refractivity contribution in [1.29, 1.82) is 5.26 Å². The van der Waals surface area contributed by atoms with Gasteiger partial charge in [0, 0.05) is 0 Å². The van der Waals surface area contributed by atoms with Crippen LogP contribution in [0.2, 0.25) is 0 Å². The molecular weight excluding hydrogens is 282 g/mol. The fourth-order valence-corrected chi connectivity index (χ4v) is 3.00. The van der Waals surface area contributed by atoms with Gasteiger partial charge in [0.05, 0.1) is 21.8 Å². The number of hydrogen-bond acceptors (Lipinski definition) is 5. The molecule has 21 heavy (non-hydrogen) atoms. The number of thiazole rings is 1. The highest BCUT2D eigenvalue weighted by Gasteiger charge is 2.12. The van der Waals surface area contributed by atoms with Gasteiger partial charge in [-0.05, 0) is 49.2 Å². The van der Waals surface area contributed by atoms with Crippen LogP contribution in [0.1, 0.15) is 16.7 Å². The first-order valence-electron chi connectivity index (χ1n) is 6.41. The summed E-state index contributed by atoms with van der Waals surface area (Å²) in [6.07, 6.45) is 0. The molecule has 5 heteroatoms. The molecule has 0 aliphatic rings. The number of rotatable bonds is 2. The van der Waals surface area contributed by atoms with E-state index in [0.717, 1.165) is 27.1 Å². The first-order chi connectivity index (χ1) is 10.1. The number of nitrogens with zero attached hydrogens (tertiary/aromatic N) is 2. The molecule has 0 bridgehead atoms. The Kier molecular flexibility index (Phi) is 3.24. The highest BCUT2D eigenvalue weighted by molar-refractivity contribution is 7.16. The molecule has 4 nitrogen and oxygen atoms in total. The monoisotopic (exact) mass is 295 g/mol. The third-order valence-electron chi connectivity index (χ3n) is 3.30. The molecule has 1 heterocycles. The molecule has 0 aliphatic heterocycles. The smallest absolute Gasteiger partial charge is 0.152 e. The van der Waals surface area contributed by atoms with Crippen LogP contribution in [0.15, 0.2) is 29.8 Å². The molecule has 0 aliphatic carbocycles. The average molecular weight is 295 g/mol. The second-order valence-electron chi connectivity index (χ2n) is 4.83. The number of aromatic nitrogens is 1. The number of benzene rings is 2. The molecule has 0 spiro atoms. The Labute approximate surface area is 126 Å². The summed E-state index contributed by atoms with van der Waals surface area (Å²) in [5, 5.41) is 8.99. The number of nitrogen functional groups attached to an aromatic ring is 1. The minimum absolute atomic E-state index is 0.539. The molecular formula is C16H13N3OS. The lowest BCUT2D eigenvalue weighted by atomic mass is 10.1. The van der Waals surface area contributed by atoms with Crippen LogP contribution in [-0.2, 0) is 0 Å². The largest absolute Gasteiger partial charge is 0.455 e. The van der Waals surface area contributed by atoms with Crippen molar-refractivity contribution in [3.63, 3.8) is 0 Å². The van der Waals surface area contributed by atoms with Gasteiger partial charge >= 0.3 is 0 Å². The van der Waals surface area contributed by atoms with Gasteiger partial charge in [-0.15, -0.1) is 11.3 Å². The van der Waals surface area contributed by atoms with Crippen LogP contribution in [0.4, 0.5) is 5.69 Å². The number of ether oxygens (including phenoxy) is 1. The molecule has 0 atom stereocenters. The molecule has 0 fully saturated rings. The maximum absolute atomic E-state index is 8.99. The molecule has 1 aromatic heterocycles. The van der Waals surface area contributed by atoms with Crippen molar-refractivity contribution >= 4 is 27.2 Å². The molecule has 0 amide bonds. The number of anilines is 1. The van der Waals surface area contributed by atoms with E-state index in [1.54, 1.807) is 29.0 Å². The van der Waals surface area contributed by atoms with E-state index in [4.69, 9.17) is 15.7 Å². The zero-order valence-electron chi connectivity index (χ0n) is 11.7. The van der Waals surface area contributed by atoms with Crippen LogP contribution in [0.3, 0.4) is 0 Å². The number of nitrogens with two attached hydrogens (primary N) is 1. The lowest BCUT2D eigenvalue weighted by Gasteiger charge is -2.14. The van der Waals surface area contributed by atoms with Crippen molar-refractivity contribution in [3.8, 4) is 17.6 Å². The minimum Gasteiger partial charge on any atom is -0.455 e. The van der Waals surface area contributed by atoms with Crippen LogP contribution in [0, 0.1) is 25.2 Å². The molecule has 2 aromatic carbocycles. The number of hydrogen-bond donors (Lipinski definition) is 1. The summed E-state index contributed by atoms with van der Waals surface area (Å²) < 4.78 is 7.01. The van der Waals surface area contributed by atoms with E-state index in [-0.39, 0.29) is 0 Å². The maximum Gasteiger partial charge on any atom is 0.152 e. The van der Waals surface area contributed by atoms with Crippen molar-refractivity contribution < 1.29 is 4.74 Å². The van der Waals surface area contributed by atoms with Gasteiger partial charge in [-0.3, -0.25) is 0 Å². The topological polar surface area (TPSA) is 71.9 Å². The Balaban J connectivity index is 2.07. The molecule has 104 valence electrons. The number of nitriles is 1. The zero-order valence-corrected chi connectivity index (χ0v) is 12.5. The predicted molar refractivity (Wildman–Crippen MR) is 84.7 cm³/mol. The summed E-state index contributed by atoms with van der Waals surface area (Å²) in [6.45, 7) is 3.83. The highest BCUT2D eigenvalue weighted by Crippen LogP contribution is 2.37. The van der Waals surface area contributed by atoms with E-state index in [0.29, 0.717) is 17.0 Å². The first-order valence-corrected chi connectivity index (χ1v) is 7.29. The summed E-state index contributed by atoms with van der Waals surface area (Å²) in [5.41, 5.74) is 11.6. The molecule has 0 saturated heterocycles. The fraction of sp³-hybridized carbons (Fsp3) is 0.125. The van der Waals surface area contributed by atoms with Gasteiger partial charge in [0.2, 0.25) is 0 Å². The summed E-state index contributed by atoms with van der Waals surface area (Å²) in [7, 11) is 0. The number of aryl methyl sites for hydroxylation is 2. The van der Waals surface area contributed by atoms with Crippen LogP contribution in [-0.4, -0.2) is 4.98 Å². The summed E-state index contributed by atoms with van der Waals surface area (Å²) in [6, 6.07) is 9.56. The zero-order chi connectivity index (χ0) is 15.0. The Hall–Kier alpha value is -2.58. The van der Waals surface area contributed by atoms with E-state index < -0.39 is 0 Å². The van der Waals surface area contributed by atoms with Gasteiger partial charge in [0.15, 0.2) is 5.75 Å². The fourth-order valence-electron chi connectivity index (χ4n) is 2.31. The van der Waals surface area contributed by atoms with Gasteiger partial charge in [0.25, 0.3) is 0 Å². The summed E-state index contributed by atoms with van der Waals surface area (Å²) in [4.78, 5) is 4.26. The average Bonchev–Trinajstić information content (AvgIpc) is 2.94. The highest BCUT2D eigenvalue weighted by atomic mass is 32.1. The van der Waals surface area contributed by atoms with Crippen molar-refractivity contribution in [2.45, 2.75) is 13.8 Å². The second-order valence-corrected chi connectivity index (χ2v) is 5.72. The lowest BCUT2D eigenvalue weighted by Crippen LogP contribution is -1.97. The van der Waals surface area contributed by atoms with E-state index >= 15 is 0 Å². The maximum atomic E-state index is 8.99. The van der Waals surface area contributed by atoms with Crippen LogP contribution in [0.25, 0.3) is 10.2 Å². The summed E-state index contributed by atoms with van der Waals surface area (Å²) >= 11 is 1.55. The molecule has 0 radical (unpaired) electrons. The van der Waals surface area contributed by atoms with Crippen LogP contribution in [0.5, 0.6) is 11.5 Å². The molecule has 3 rings (SSSR count). The van der Waals surface area contributed by atoms with Gasteiger partial charge < -0.3 is 10.5 Å². The Morgan fingerprint density at radius 3 is 2.62 bits per heavy atom. The molecule has 0 unspecified atom stereocenters. The van der Waals surface area contributed by atoms with E-state index in [1.165, 1.54) is 0 Å². The third kappa shape index (κ3) is 2.30. The van der Waals surface area contributed by atoms with Crippen molar-refractivity contribution in [1.82, 2.24) is 4.98 Å². The number of fused-ring (bicyclic) bond motifs is 1. The van der Waals surface area contributed by atoms with Crippen LogP contribution < -0.4 is 10.5 Å². The van der Waals surface area contributed by atoms with E-state index in [1.807, 2.05) is 26.0 Å². The van der Waals surface area contributed by atoms with Gasteiger partial charge in [-0.1, -0.05) is 0 Å². The Morgan fingerprint density at radius 1 is 1.24 bits per heavy atom. The van der Waals surface area contributed by atoms with Crippen molar-refractivity contribution in [2.24, 2.45) is 0 Å². The third-order valence-corrected chi connectivity index (χ3v) is 4.10. The van der Waals surface area contributed by atoms with Gasteiger partial charge in [0.1, 0.15) is 17.0 Å². The normalized spacial score (nSPS) is 10.5. The Bertz CT molecular complexity index is 854. The van der Waals surface area contributed by atoms with Gasteiger partial charge in [-0.2, -0.15) is 5.26 Å². The van der Waals surface area contributed by atoms with Crippen molar-refractivity contribution in [3.05, 3.63) is 46.5 Å². The second kappa shape index (κ2) is 5.08. The lowest BCUT2D eigenvalue weighted by molar-refractivity contribution is 0.478. The van der Waals surface area contributed by atoms with E-state index in [9.17, 15) is 0 Å². The Morgan fingerprint density at radius 2 is 1.95 bits per heavy atom. The SMILES string of the molecule is Cc1cc(C#N)cc(C)c1Oc1ccc2scnc2c1N. The molecule has 3 aromatic rings. The molecule has 0 saturated carbocycles. The standard InChI is InChI=1S/C16H13N3OS/c1-9-5-11(7-17)6-10(2)16(9)20-12-3-4-13-15(14(12)18)19-8-21-13/h3-6,8H,18H2,1-2H3. The quantitative estimate of drug-likeness (QED) is 0.720. The van der Waals surface area contributed by atoms with E-state index in [2.05, 4.69) is 11.1 Å².